The van der Waals surface area contributed by atoms with Crippen LogP contribution in [0.25, 0.3) is 0 Å². The molecule has 7 heavy (non-hydrogen) atoms. The average molecular weight is 104 g/mol. The lowest BCUT2D eigenvalue weighted by Crippen LogP contribution is -2.31. The summed E-state index contributed by atoms with van der Waals surface area (Å²) in [4.78, 5) is 4.71. The zero-order valence-corrected chi connectivity index (χ0v) is 4.82. The molecule has 0 unspecified atom stereocenters. The van der Waals surface area contributed by atoms with Gasteiger partial charge >= 0.3 is 0 Å². The third-order valence-electron chi connectivity index (χ3n) is 0.465. The molecule has 0 atom stereocenters. The van der Waals surface area contributed by atoms with Crippen molar-refractivity contribution in [1.29, 1.82) is 0 Å². The van der Waals surface area contributed by atoms with Gasteiger partial charge in [0.15, 0.2) is 0 Å². The van der Waals surface area contributed by atoms with E-state index in [0.717, 1.165) is 6.54 Å². The average Bonchev–Trinajstić information content (AvgIpc) is 1.69. The molecule has 3 nitrogen and oxygen atoms in total. The van der Waals surface area contributed by atoms with Crippen molar-refractivity contribution in [3.05, 3.63) is 0 Å². The lowest BCUT2D eigenvalue weighted by atomic mass is 10.8. The van der Waals surface area contributed by atoms with Crippen molar-refractivity contribution in [2.75, 3.05) is 13.2 Å². The van der Waals surface area contributed by atoms with Crippen LogP contribution in [0, 0.1) is 0 Å². The smallest absolute Gasteiger partial charge is 0.0670 e. The molecule has 0 spiro atoms. The molecule has 0 radical (unpaired) electrons. The Bertz CT molecular complexity index is 28.9. The maximum Gasteiger partial charge on any atom is 0.0670 e. The maximum atomic E-state index is 4.71. The van der Waals surface area contributed by atoms with Crippen molar-refractivity contribution in [1.82, 2.24) is 11.0 Å². The topological polar surface area (TPSA) is 33.3 Å². The van der Waals surface area contributed by atoms with Crippen molar-refractivity contribution < 1.29 is 4.84 Å². The number of nitrogens with one attached hydrogen (secondary N) is 2. The molecule has 2 N–H and O–H groups in total. The molecule has 0 aliphatic rings. The van der Waals surface area contributed by atoms with E-state index in [0.29, 0.717) is 6.61 Å². The molecule has 0 rings (SSSR count). The van der Waals surface area contributed by atoms with Gasteiger partial charge in [-0.2, -0.15) is 0 Å². The fourth-order valence-electron chi connectivity index (χ4n) is 0.195. The van der Waals surface area contributed by atoms with Crippen LogP contribution in [0.1, 0.15) is 13.8 Å². The van der Waals surface area contributed by atoms with Crippen LogP contribution in [0.5, 0.6) is 0 Å². The standard InChI is InChI=1S/C4H12N2O/c1-3-5-6-7-4-2/h5-6H,3-4H2,1-2H3. The SMILES string of the molecule is CCNNOCC. The Morgan fingerprint density at radius 2 is 2.14 bits per heavy atom. The Labute approximate surface area is 44.0 Å². The van der Waals surface area contributed by atoms with Crippen LogP contribution in [0.3, 0.4) is 0 Å². The van der Waals surface area contributed by atoms with E-state index >= 15 is 0 Å². The summed E-state index contributed by atoms with van der Waals surface area (Å²) in [6.45, 7) is 5.48. The van der Waals surface area contributed by atoms with Crippen LogP contribution in [0.15, 0.2) is 0 Å². The Morgan fingerprint density at radius 3 is 2.57 bits per heavy atom. The molecule has 0 amide bonds. The van der Waals surface area contributed by atoms with E-state index in [2.05, 4.69) is 11.0 Å². The van der Waals surface area contributed by atoms with E-state index in [1.807, 2.05) is 13.8 Å². The van der Waals surface area contributed by atoms with Crippen LogP contribution >= 0.6 is 0 Å². The summed E-state index contributed by atoms with van der Waals surface area (Å²) in [5.41, 5.74) is 5.31. The molecule has 0 heterocycles. The van der Waals surface area contributed by atoms with E-state index in [9.17, 15) is 0 Å². The normalized spacial score (nSPS) is 9.43. The molecule has 0 aromatic rings. The van der Waals surface area contributed by atoms with Crippen LogP contribution < -0.4 is 11.0 Å². The van der Waals surface area contributed by atoms with Crippen LogP contribution in [-0.4, -0.2) is 13.2 Å². The van der Waals surface area contributed by atoms with E-state index in [1.54, 1.807) is 0 Å². The first kappa shape index (κ1) is 6.88. The highest BCUT2D eigenvalue weighted by Crippen LogP contribution is 1.56. The Kier molecular flexibility index (Phi) is 5.78. The van der Waals surface area contributed by atoms with Gasteiger partial charge in [0.1, 0.15) is 0 Å². The predicted molar refractivity (Wildman–Crippen MR) is 28.4 cm³/mol. The molecule has 0 saturated carbocycles. The summed E-state index contributed by atoms with van der Waals surface area (Å²) in [5, 5.41) is 0. The van der Waals surface area contributed by atoms with E-state index in [4.69, 9.17) is 4.84 Å². The van der Waals surface area contributed by atoms with Crippen molar-refractivity contribution in [2.24, 2.45) is 0 Å². The minimum atomic E-state index is 0.688. The summed E-state index contributed by atoms with van der Waals surface area (Å²) < 4.78 is 0. The van der Waals surface area contributed by atoms with Crippen LogP contribution in [0.2, 0.25) is 0 Å². The first-order valence-electron chi connectivity index (χ1n) is 2.51. The highest BCUT2D eigenvalue weighted by molar-refractivity contribution is 4.15. The quantitative estimate of drug-likeness (QED) is 0.390. The fourth-order valence-corrected chi connectivity index (χ4v) is 0.195. The van der Waals surface area contributed by atoms with Gasteiger partial charge in [-0.3, -0.25) is 4.84 Å². The molecule has 0 aromatic heterocycles. The molecule has 0 aromatic carbocycles. The number of hydrogen-bond donors (Lipinski definition) is 2. The Balaban J connectivity index is 2.45. The van der Waals surface area contributed by atoms with Crippen LogP contribution in [0.4, 0.5) is 0 Å². The van der Waals surface area contributed by atoms with Gasteiger partial charge in [-0.05, 0) is 6.92 Å². The molecule has 0 aliphatic heterocycles. The highest BCUT2D eigenvalue weighted by atomic mass is 16.7. The number of hydrazine groups is 1. The molecular formula is C4H12N2O. The predicted octanol–water partition coefficient (Wildman–Crippen LogP) is 0.0520. The Morgan fingerprint density at radius 1 is 1.43 bits per heavy atom. The largest absolute Gasteiger partial charge is 0.287 e. The minimum absolute atomic E-state index is 0.688. The van der Waals surface area contributed by atoms with E-state index in [1.165, 1.54) is 0 Å². The van der Waals surface area contributed by atoms with Gasteiger partial charge in [-0.25, -0.2) is 5.43 Å². The molecule has 0 bridgehead atoms. The Hall–Kier alpha value is -0.120. The minimum Gasteiger partial charge on any atom is -0.287 e. The second-order valence-electron chi connectivity index (χ2n) is 1.07. The van der Waals surface area contributed by atoms with Gasteiger partial charge in [0.05, 0.1) is 6.61 Å². The number of rotatable bonds is 4. The summed E-state index contributed by atoms with van der Waals surface area (Å²) >= 11 is 0. The first-order valence-corrected chi connectivity index (χ1v) is 2.51. The molecule has 3 heteroatoms. The molecular weight excluding hydrogens is 92.1 g/mol. The molecule has 44 valence electrons. The van der Waals surface area contributed by atoms with Gasteiger partial charge in [-0.15, -0.1) is 5.59 Å². The van der Waals surface area contributed by atoms with Gasteiger partial charge in [0.25, 0.3) is 0 Å². The summed E-state index contributed by atoms with van der Waals surface area (Å²) in [7, 11) is 0. The summed E-state index contributed by atoms with van der Waals surface area (Å²) in [5.74, 6) is 0. The lowest BCUT2D eigenvalue weighted by Gasteiger charge is -1.99. The van der Waals surface area contributed by atoms with Crippen molar-refractivity contribution in [3.63, 3.8) is 0 Å². The van der Waals surface area contributed by atoms with Crippen LogP contribution in [-0.2, 0) is 4.84 Å². The van der Waals surface area contributed by atoms with Gasteiger partial charge in [0.2, 0.25) is 0 Å². The van der Waals surface area contributed by atoms with Crippen molar-refractivity contribution in [2.45, 2.75) is 13.8 Å². The van der Waals surface area contributed by atoms with E-state index in [-0.39, 0.29) is 0 Å². The van der Waals surface area contributed by atoms with Gasteiger partial charge in [0, 0.05) is 6.54 Å². The van der Waals surface area contributed by atoms with Crippen molar-refractivity contribution in [3.8, 4) is 0 Å². The summed E-state index contributed by atoms with van der Waals surface area (Å²) in [6, 6.07) is 0. The second kappa shape index (κ2) is 5.88. The first-order chi connectivity index (χ1) is 3.41. The monoisotopic (exact) mass is 104 g/mol. The molecule has 0 saturated heterocycles. The van der Waals surface area contributed by atoms with Crippen molar-refractivity contribution >= 4 is 0 Å². The fraction of sp³-hybridized carbons (Fsp3) is 1.00. The summed E-state index contributed by atoms with van der Waals surface area (Å²) in [6.07, 6.45) is 0. The van der Waals surface area contributed by atoms with Gasteiger partial charge < -0.3 is 0 Å². The zero-order chi connectivity index (χ0) is 5.54. The highest BCUT2D eigenvalue weighted by Gasteiger charge is 1.72. The third-order valence-corrected chi connectivity index (χ3v) is 0.465. The maximum absolute atomic E-state index is 4.71. The van der Waals surface area contributed by atoms with E-state index < -0.39 is 0 Å². The lowest BCUT2D eigenvalue weighted by molar-refractivity contribution is 0.0208. The number of hydrogen-bond acceptors (Lipinski definition) is 3. The molecule has 0 fully saturated rings. The van der Waals surface area contributed by atoms with Gasteiger partial charge in [-0.1, -0.05) is 6.92 Å². The zero-order valence-electron chi connectivity index (χ0n) is 4.82. The third kappa shape index (κ3) is 5.88. The molecule has 0 aliphatic carbocycles. The second-order valence-corrected chi connectivity index (χ2v) is 1.07.